The van der Waals surface area contributed by atoms with Crippen LogP contribution in [-0.4, -0.2) is 17.4 Å². The lowest BCUT2D eigenvalue weighted by molar-refractivity contribution is -0.384. The largest absolute Gasteiger partial charge is 0.493 e. The van der Waals surface area contributed by atoms with E-state index in [2.05, 4.69) is 5.32 Å². The molecule has 0 unspecified atom stereocenters. The first kappa shape index (κ1) is 16.4. The van der Waals surface area contributed by atoms with Crippen LogP contribution in [0.1, 0.15) is 23.7 Å². The summed E-state index contributed by atoms with van der Waals surface area (Å²) in [6.45, 7) is 2.37. The highest BCUT2D eigenvalue weighted by Crippen LogP contribution is 2.29. The van der Waals surface area contributed by atoms with Crippen molar-refractivity contribution in [3.8, 4) is 5.75 Å². The number of nitro groups is 1. The normalized spacial score (nSPS) is 10.2. The second-order valence-electron chi connectivity index (χ2n) is 4.75. The summed E-state index contributed by atoms with van der Waals surface area (Å²) in [4.78, 5) is 22.6. The molecule has 0 spiro atoms. The highest BCUT2D eigenvalue weighted by molar-refractivity contribution is 6.05. The van der Waals surface area contributed by atoms with Crippen molar-refractivity contribution in [1.82, 2.24) is 0 Å². The van der Waals surface area contributed by atoms with E-state index >= 15 is 0 Å². The van der Waals surface area contributed by atoms with E-state index in [4.69, 9.17) is 4.74 Å². The fourth-order valence-corrected chi connectivity index (χ4v) is 1.87. The summed E-state index contributed by atoms with van der Waals surface area (Å²) in [7, 11) is 0. The van der Waals surface area contributed by atoms with Crippen molar-refractivity contribution < 1.29 is 18.8 Å². The van der Waals surface area contributed by atoms with Gasteiger partial charge in [-0.2, -0.15) is 0 Å². The lowest BCUT2D eigenvalue weighted by atomic mass is 10.2. The molecule has 0 saturated carbocycles. The molecule has 120 valence electrons. The number of carbonyl (C=O) groups excluding carboxylic acids is 1. The number of rotatable bonds is 6. The molecule has 0 radical (unpaired) electrons. The van der Waals surface area contributed by atoms with Crippen molar-refractivity contribution in [3.05, 3.63) is 64.0 Å². The van der Waals surface area contributed by atoms with Gasteiger partial charge < -0.3 is 10.1 Å². The first-order chi connectivity index (χ1) is 11.0. The number of nitrogens with zero attached hydrogens (tertiary/aromatic N) is 1. The molecule has 23 heavy (non-hydrogen) atoms. The van der Waals surface area contributed by atoms with Gasteiger partial charge in [-0.3, -0.25) is 14.9 Å². The Kier molecular flexibility index (Phi) is 5.24. The molecule has 0 aromatic heterocycles. The summed E-state index contributed by atoms with van der Waals surface area (Å²) in [6.07, 6.45) is 0.775. The molecule has 6 nitrogen and oxygen atoms in total. The maximum atomic E-state index is 12.9. The molecule has 0 aliphatic rings. The van der Waals surface area contributed by atoms with Crippen LogP contribution in [0.4, 0.5) is 15.8 Å². The molecule has 1 N–H and O–H groups in total. The van der Waals surface area contributed by atoms with Gasteiger partial charge in [0.15, 0.2) is 0 Å². The summed E-state index contributed by atoms with van der Waals surface area (Å²) in [5.74, 6) is -0.668. The van der Waals surface area contributed by atoms with Crippen molar-refractivity contribution in [2.75, 3.05) is 11.9 Å². The number of carbonyl (C=O) groups is 1. The lowest BCUT2D eigenvalue weighted by Crippen LogP contribution is -2.13. The van der Waals surface area contributed by atoms with Crippen molar-refractivity contribution in [1.29, 1.82) is 0 Å². The van der Waals surface area contributed by atoms with E-state index in [1.165, 1.54) is 24.3 Å². The average molecular weight is 318 g/mol. The molecule has 0 aliphatic heterocycles. The van der Waals surface area contributed by atoms with E-state index in [0.29, 0.717) is 12.4 Å². The van der Waals surface area contributed by atoms with Crippen LogP contribution in [0, 0.1) is 15.9 Å². The predicted octanol–water partition coefficient (Wildman–Crippen LogP) is 3.78. The lowest BCUT2D eigenvalue weighted by Gasteiger charge is -2.09. The zero-order valence-electron chi connectivity index (χ0n) is 12.4. The minimum atomic E-state index is -0.598. The van der Waals surface area contributed by atoms with E-state index in [1.54, 1.807) is 6.07 Å². The SMILES string of the molecule is CCCOc1ccc(NC(=O)c2ccc(F)cc2)c([N+](=O)[O-])c1. The Balaban J connectivity index is 2.22. The smallest absolute Gasteiger partial charge is 0.296 e. The predicted molar refractivity (Wildman–Crippen MR) is 83.2 cm³/mol. The number of benzene rings is 2. The molecule has 1 amide bonds. The van der Waals surface area contributed by atoms with E-state index in [0.717, 1.165) is 18.6 Å². The third-order valence-electron chi connectivity index (χ3n) is 2.99. The second kappa shape index (κ2) is 7.35. The van der Waals surface area contributed by atoms with Gasteiger partial charge in [0.1, 0.15) is 17.3 Å². The molecule has 0 heterocycles. The van der Waals surface area contributed by atoms with Crippen molar-refractivity contribution in [3.63, 3.8) is 0 Å². The summed E-state index contributed by atoms with van der Waals surface area (Å²) in [5, 5.41) is 13.6. The van der Waals surface area contributed by atoms with Gasteiger partial charge in [0.05, 0.1) is 17.6 Å². The molecule has 0 atom stereocenters. The van der Waals surface area contributed by atoms with Gasteiger partial charge in [0.2, 0.25) is 0 Å². The quantitative estimate of drug-likeness (QED) is 0.649. The average Bonchev–Trinajstić information content (AvgIpc) is 2.54. The number of anilines is 1. The Morgan fingerprint density at radius 3 is 2.57 bits per heavy atom. The number of hydrogen-bond donors (Lipinski definition) is 1. The molecule has 0 aliphatic carbocycles. The maximum Gasteiger partial charge on any atom is 0.296 e. The van der Waals surface area contributed by atoms with Crippen molar-refractivity contribution in [2.24, 2.45) is 0 Å². The third-order valence-corrected chi connectivity index (χ3v) is 2.99. The number of ether oxygens (including phenoxy) is 1. The molecular formula is C16H15FN2O4. The molecule has 2 aromatic carbocycles. The number of nitro benzene ring substituents is 1. The Labute approximate surface area is 132 Å². The molecule has 0 saturated heterocycles. The zero-order valence-corrected chi connectivity index (χ0v) is 12.4. The van der Waals surface area contributed by atoms with E-state index < -0.39 is 16.6 Å². The Morgan fingerprint density at radius 2 is 1.96 bits per heavy atom. The summed E-state index contributed by atoms with van der Waals surface area (Å²) in [5.41, 5.74) is -0.0192. The van der Waals surface area contributed by atoms with Crippen molar-refractivity contribution >= 4 is 17.3 Å². The zero-order chi connectivity index (χ0) is 16.8. The maximum absolute atomic E-state index is 12.9. The fourth-order valence-electron chi connectivity index (χ4n) is 1.87. The standard InChI is InChI=1S/C16H15FN2O4/c1-2-9-23-13-7-8-14(15(10-13)19(21)22)18-16(20)11-3-5-12(17)6-4-11/h3-8,10H,2,9H2,1H3,(H,18,20). The molecular weight excluding hydrogens is 303 g/mol. The summed E-state index contributed by atoms with van der Waals surface area (Å²) in [6, 6.07) is 9.10. The van der Waals surface area contributed by atoms with Crippen molar-refractivity contribution in [2.45, 2.75) is 13.3 Å². The molecule has 7 heteroatoms. The number of nitrogens with one attached hydrogen (secondary N) is 1. The first-order valence-corrected chi connectivity index (χ1v) is 6.99. The number of halogens is 1. The van der Waals surface area contributed by atoms with Gasteiger partial charge in [0.25, 0.3) is 11.6 Å². The van der Waals surface area contributed by atoms with Gasteiger partial charge >= 0.3 is 0 Å². The van der Waals surface area contributed by atoms with E-state index in [1.807, 2.05) is 6.92 Å². The van der Waals surface area contributed by atoms with Crippen LogP contribution >= 0.6 is 0 Å². The van der Waals surface area contributed by atoms with Crippen LogP contribution in [0.15, 0.2) is 42.5 Å². The second-order valence-corrected chi connectivity index (χ2v) is 4.75. The van der Waals surface area contributed by atoms with Gasteiger partial charge in [-0.25, -0.2) is 4.39 Å². The van der Waals surface area contributed by atoms with E-state index in [-0.39, 0.29) is 16.9 Å². The first-order valence-electron chi connectivity index (χ1n) is 6.99. The monoisotopic (exact) mass is 318 g/mol. The van der Waals surface area contributed by atoms with Gasteiger partial charge in [-0.05, 0) is 42.8 Å². The number of amides is 1. The fraction of sp³-hybridized carbons (Fsp3) is 0.188. The molecule has 2 rings (SSSR count). The Bertz CT molecular complexity index is 717. The van der Waals surface area contributed by atoms with Crippen LogP contribution in [0.3, 0.4) is 0 Å². The van der Waals surface area contributed by atoms with Crippen LogP contribution in [-0.2, 0) is 0 Å². The highest BCUT2D eigenvalue weighted by atomic mass is 19.1. The minimum Gasteiger partial charge on any atom is -0.493 e. The molecule has 0 bridgehead atoms. The highest BCUT2D eigenvalue weighted by Gasteiger charge is 2.18. The van der Waals surface area contributed by atoms with Crippen LogP contribution in [0.2, 0.25) is 0 Å². The molecule has 0 fully saturated rings. The number of hydrogen-bond acceptors (Lipinski definition) is 4. The van der Waals surface area contributed by atoms with Crippen LogP contribution < -0.4 is 10.1 Å². The summed E-state index contributed by atoms with van der Waals surface area (Å²) < 4.78 is 18.2. The van der Waals surface area contributed by atoms with Crippen LogP contribution in [0.5, 0.6) is 5.75 Å². The topological polar surface area (TPSA) is 81.5 Å². The minimum absolute atomic E-state index is 0.0492. The van der Waals surface area contributed by atoms with Crippen LogP contribution in [0.25, 0.3) is 0 Å². The van der Waals surface area contributed by atoms with Gasteiger partial charge in [-0.1, -0.05) is 6.92 Å². The van der Waals surface area contributed by atoms with Gasteiger partial charge in [0, 0.05) is 5.56 Å². The van der Waals surface area contributed by atoms with Gasteiger partial charge in [-0.15, -0.1) is 0 Å². The molecule has 2 aromatic rings. The Hall–Kier alpha value is -2.96. The van der Waals surface area contributed by atoms with E-state index in [9.17, 15) is 19.3 Å². The third kappa shape index (κ3) is 4.26. The Morgan fingerprint density at radius 1 is 1.26 bits per heavy atom. The summed E-state index contributed by atoms with van der Waals surface area (Å²) >= 11 is 0.